The normalized spacial score (nSPS) is 14.9. The largest absolute Gasteiger partial charge is 0.463 e. The van der Waals surface area contributed by atoms with Crippen LogP contribution in [0.5, 0.6) is 0 Å². The molecular weight excluding hydrogens is 394 g/mol. The fourth-order valence-electron chi connectivity index (χ4n) is 2.78. The van der Waals surface area contributed by atoms with E-state index in [4.69, 9.17) is 4.74 Å². The van der Waals surface area contributed by atoms with Crippen LogP contribution in [0.15, 0.2) is 11.6 Å². The molecule has 1 aliphatic heterocycles. The number of carbonyl (C=O) groups excluding carboxylic acids is 3. The number of ether oxygens (including phenoxy) is 1. The molecule has 0 spiro atoms. The first kappa shape index (κ1) is 31.3. The van der Waals surface area contributed by atoms with Gasteiger partial charge in [0.05, 0.1) is 19.2 Å². The van der Waals surface area contributed by atoms with Gasteiger partial charge in [-0.25, -0.2) is 4.79 Å². The van der Waals surface area contributed by atoms with Crippen molar-refractivity contribution in [3.63, 3.8) is 0 Å². The zero-order chi connectivity index (χ0) is 24.2. The summed E-state index contributed by atoms with van der Waals surface area (Å²) in [5, 5.41) is 2.34. The number of nitrogens with one attached hydrogen (secondary N) is 1. The minimum atomic E-state index is -0.375. The molecule has 0 aromatic carbocycles. The number of nitrogens with zero attached hydrogens (tertiary/aromatic N) is 2. The molecule has 0 aromatic heterocycles. The molecule has 1 aliphatic rings. The number of amides is 2. The van der Waals surface area contributed by atoms with E-state index in [1.54, 1.807) is 27.0 Å². The quantitative estimate of drug-likeness (QED) is 0.336. The van der Waals surface area contributed by atoms with Gasteiger partial charge in [-0.2, -0.15) is 0 Å². The van der Waals surface area contributed by atoms with E-state index in [1.807, 2.05) is 6.92 Å². The van der Waals surface area contributed by atoms with Crippen LogP contribution in [0.2, 0.25) is 0 Å². The molecule has 7 nitrogen and oxygen atoms in total. The van der Waals surface area contributed by atoms with Crippen molar-refractivity contribution in [1.29, 1.82) is 0 Å². The van der Waals surface area contributed by atoms with Crippen LogP contribution in [0.25, 0.3) is 0 Å². The lowest BCUT2D eigenvalue weighted by Gasteiger charge is -2.26. The van der Waals surface area contributed by atoms with Gasteiger partial charge in [0, 0.05) is 12.6 Å². The average molecular weight is 442 g/mol. The summed E-state index contributed by atoms with van der Waals surface area (Å²) in [6, 6.07) is -0.189. The van der Waals surface area contributed by atoms with Crippen LogP contribution < -0.4 is 5.32 Å². The van der Waals surface area contributed by atoms with E-state index < -0.39 is 0 Å². The van der Waals surface area contributed by atoms with Crippen molar-refractivity contribution in [1.82, 2.24) is 15.1 Å². The molecule has 0 unspecified atom stereocenters. The summed E-state index contributed by atoms with van der Waals surface area (Å²) in [4.78, 5) is 37.6. The maximum absolute atomic E-state index is 11.9. The number of hydrogen-bond acceptors (Lipinski definition) is 5. The molecule has 2 amide bonds. The fraction of sp³-hybridized carbons (Fsp3) is 0.792. The summed E-state index contributed by atoms with van der Waals surface area (Å²) < 4.78 is 4.92. The van der Waals surface area contributed by atoms with Crippen molar-refractivity contribution >= 4 is 18.3 Å². The standard InChI is InChI=1S/C14H24N2O4.C6H13N.C4H10/c1-5-7-12(8-11(3)14(19)20-6-2)16(4)13(18)9-15-10-17;1-7-5-3-2-4-6-7;1-4(2)3/h8,10,12H,5-7,9H2,1-4H3,(H,15,17);2-6H2,1H3;4H,1-3H3/b11-8+;;/t12-;;/m0../s1. The second-order valence-electron chi connectivity index (χ2n) is 8.53. The summed E-state index contributed by atoms with van der Waals surface area (Å²) in [6.45, 7) is 14.8. The molecule has 0 aliphatic carbocycles. The highest BCUT2D eigenvalue weighted by Crippen LogP contribution is 2.11. The van der Waals surface area contributed by atoms with Crippen molar-refractivity contribution in [2.75, 3.05) is 40.3 Å². The Hall–Kier alpha value is -1.89. The highest BCUT2D eigenvalue weighted by Gasteiger charge is 2.18. The van der Waals surface area contributed by atoms with Gasteiger partial charge in [0.1, 0.15) is 0 Å². The molecule has 31 heavy (non-hydrogen) atoms. The Morgan fingerprint density at radius 2 is 1.68 bits per heavy atom. The first-order valence-electron chi connectivity index (χ1n) is 11.6. The van der Waals surface area contributed by atoms with Crippen LogP contribution in [0, 0.1) is 5.92 Å². The smallest absolute Gasteiger partial charge is 0.333 e. The van der Waals surface area contributed by atoms with E-state index in [0.29, 0.717) is 18.6 Å². The Kier molecular flexibility index (Phi) is 20.2. The topological polar surface area (TPSA) is 79.0 Å². The molecule has 1 heterocycles. The van der Waals surface area contributed by atoms with Crippen LogP contribution in [0.1, 0.15) is 73.6 Å². The van der Waals surface area contributed by atoms with E-state index in [9.17, 15) is 14.4 Å². The minimum absolute atomic E-state index is 0.0491. The highest BCUT2D eigenvalue weighted by atomic mass is 16.5. The second-order valence-corrected chi connectivity index (χ2v) is 8.53. The molecule has 1 fully saturated rings. The lowest BCUT2D eigenvalue weighted by atomic mass is 10.1. The Balaban J connectivity index is 0. The van der Waals surface area contributed by atoms with E-state index in [-0.39, 0.29) is 24.5 Å². The van der Waals surface area contributed by atoms with Crippen molar-refractivity contribution in [3.05, 3.63) is 11.6 Å². The number of esters is 1. The zero-order valence-electron chi connectivity index (χ0n) is 21.2. The number of hydrogen-bond donors (Lipinski definition) is 1. The lowest BCUT2D eigenvalue weighted by Crippen LogP contribution is -2.41. The summed E-state index contributed by atoms with van der Waals surface area (Å²) in [5.74, 6) is 0.254. The maximum atomic E-state index is 11.9. The lowest BCUT2D eigenvalue weighted by molar-refractivity contribution is -0.138. The Labute approximate surface area is 190 Å². The van der Waals surface area contributed by atoms with Gasteiger partial charge < -0.3 is 19.9 Å². The Morgan fingerprint density at radius 1 is 1.13 bits per heavy atom. The van der Waals surface area contributed by atoms with Gasteiger partial charge in [-0.3, -0.25) is 9.59 Å². The highest BCUT2D eigenvalue weighted by molar-refractivity contribution is 5.88. The number of carbonyl (C=O) groups is 3. The van der Waals surface area contributed by atoms with Crippen LogP contribution in [-0.4, -0.2) is 74.5 Å². The summed E-state index contributed by atoms with van der Waals surface area (Å²) >= 11 is 0. The molecule has 182 valence electrons. The third-order valence-electron chi connectivity index (χ3n) is 4.43. The molecule has 0 aromatic rings. The SMILES string of the molecule is CC(C)C.CCC[C@@H](/C=C(\C)C(=O)OCC)N(C)C(=O)CNC=O.CN1CCCCC1. The summed E-state index contributed by atoms with van der Waals surface area (Å²) in [7, 11) is 3.85. The molecule has 1 saturated heterocycles. The first-order valence-corrected chi connectivity index (χ1v) is 11.6. The molecule has 1 rings (SSSR count). The Morgan fingerprint density at radius 3 is 2.06 bits per heavy atom. The van der Waals surface area contributed by atoms with Crippen LogP contribution in [0.3, 0.4) is 0 Å². The molecular formula is C24H47N3O4. The molecule has 0 radical (unpaired) electrons. The molecule has 0 bridgehead atoms. The molecule has 1 atom stereocenters. The van der Waals surface area contributed by atoms with E-state index in [1.165, 1.54) is 37.3 Å². The zero-order valence-corrected chi connectivity index (χ0v) is 21.2. The maximum Gasteiger partial charge on any atom is 0.333 e. The summed E-state index contributed by atoms with van der Waals surface area (Å²) in [5.41, 5.74) is 0.480. The van der Waals surface area contributed by atoms with Crippen LogP contribution in [0.4, 0.5) is 0 Å². The van der Waals surface area contributed by atoms with Crippen LogP contribution >= 0.6 is 0 Å². The predicted molar refractivity (Wildman–Crippen MR) is 128 cm³/mol. The van der Waals surface area contributed by atoms with Gasteiger partial charge in [-0.1, -0.05) is 46.6 Å². The second kappa shape index (κ2) is 20.0. The van der Waals surface area contributed by atoms with E-state index in [0.717, 1.165) is 18.8 Å². The Bertz CT molecular complexity index is 512. The summed E-state index contributed by atoms with van der Waals surface area (Å²) in [6.07, 6.45) is 8.11. The van der Waals surface area contributed by atoms with Crippen molar-refractivity contribution < 1.29 is 19.1 Å². The molecule has 0 saturated carbocycles. The number of rotatable bonds is 9. The number of likely N-dealkylation sites (tertiary alicyclic amines) is 1. The molecule has 7 heteroatoms. The van der Waals surface area contributed by atoms with E-state index in [2.05, 4.69) is 38.0 Å². The van der Waals surface area contributed by atoms with Gasteiger partial charge in [0.25, 0.3) is 0 Å². The first-order chi connectivity index (χ1) is 14.6. The van der Waals surface area contributed by atoms with Gasteiger partial charge in [-0.05, 0) is 59.2 Å². The van der Waals surface area contributed by atoms with Gasteiger partial charge in [0.2, 0.25) is 12.3 Å². The monoisotopic (exact) mass is 441 g/mol. The van der Waals surface area contributed by atoms with E-state index >= 15 is 0 Å². The van der Waals surface area contributed by atoms with Gasteiger partial charge in [-0.15, -0.1) is 0 Å². The molecule has 1 N–H and O–H groups in total. The average Bonchev–Trinajstić information content (AvgIpc) is 2.71. The van der Waals surface area contributed by atoms with Crippen molar-refractivity contribution in [2.24, 2.45) is 5.92 Å². The number of likely N-dealkylation sites (N-methyl/N-ethyl adjacent to an activating group) is 1. The van der Waals surface area contributed by atoms with Gasteiger partial charge >= 0.3 is 5.97 Å². The fourth-order valence-corrected chi connectivity index (χ4v) is 2.78. The predicted octanol–water partition coefficient (Wildman–Crippen LogP) is 3.63. The third kappa shape index (κ3) is 18.6. The van der Waals surface area contributed by atoms with Crippen molar-refractivity contribution in [2.45, 2.75) is 79.7 Å². The van der Waals surface area contributed by atoms with Crippen LogP contribution in [-0.2, 0) is 19.1 Å². The van der Waals surface area contributed by atoms with Crippen molar-refractivity contribution in [3.8, 4) is 0 Å². The third-order valence-corrected chi connectivity index (χ3v) is 4.43. The minimum Gasteiger partial charge on any atom is -0.463 e. The van der Waals surface area contributed by atoms with Gasteiger partial charge in [0.15, 0.2) is 0 Å². The number of piperidine rings is 1.